The van der Waals surface area contributed by atoms with Crippen molar-refractivity contribution in [3.05, 3.63) is 134 Å². The number of fused-ring (bicyclic) bond motifs is 4. The Morgan fingerprint density at radius 3 is 2.36 bits per heavy atom. The third kappa shape index (κ3) is 6.36. The van der Waals surface area contributed by atoms with Crippen molar-refractivity contribution in [3.8, 4) is 16.9 Å². The second-order valence-electron chi connectivity index (χ2n) is 14.5. The number of aromatic nitrogens is 5. The van der Waals surface area contributed by atoms with Gasteiger partial charge in [-0.15, -0.1) is 0 Å². The van der Waals surface area contributed by atoms with E-state index in [1.165, 1.54) is 0 Å². The lowest BCUT2D eigenvalue weighted by Crippen LogP contribution is -2.43. The number of benzene rings is 3. The van der Waals surface area contributed by atoms with Crippen molar-refractivity contribution in [2.24, 2.45) is 0 Å². The molecule has 1 N–H and O–H groups in total. The number of nitrogens with zero attached hydrogens (tertiary/aromatic N) is 6. The highest BCUT2D eigenvalue weighted by Crippen LogP contribution is 2.45. The fraction of sp³-hybridized carbons (Fsp3) is 0.250. The maximum atomic E-state index is 15.3. The number of aromatic carboxylic acids is 1. The number of halogens is 2. The molecule has 0 saturated heterocycles. The van der Waals surface area contributed by atoms with Crippen LogP contribution in [0.3, 0.4) is 0 Å². The number of carboxylic acid groups (broad SMARTS) is 1. The van der Waals surface area contributed by atoms with Gasteiger partial charge in [-0.05, 0) is 107 Å². The molecule has 7 aromatic rings. The zero-order valence-corrected chi connectivity index (χ0v) is 33.2. The number of carbonyl (C=O) groups excluding carboxylic acids is 1. The van der Waals surface area contributed by atoms with E-state index in [1.54, 1.807) is 28.1 Å². The molecule has 0 aliphatic carbocycles. The van der Waals surface area contributed by atoms with Gasteiger partial charge in [0.2, 0.25) is 0 Å². The molecular weight excluding hydrogens is 747 g/mol. The Kier molecular flexibility index (Phi) is 9.80. The largest absolute Gasteiger partial charge is 0.494 e. The first-order valence-corrected chi connectivity index (χ1v) is 19.3. The topological polar surface area (TPSA) is 115 Å². The van der Waals surface area contributed by atoms with Crippen LogP contribution in [0.4, 0.5) is 5.69 Å². The van der Waals surface area contributed by atoms with E-state index < -0.39 is 5.97 Å². The fourth-order valence-corrected chi connectivity index (χ4v) is 8.63. The Morgan fingerprint density at radius 2 is 1.66 bits per heavy atom. The van der Waals surface area contributed by atoms with Crippen LogP contribution in [0, 0.1) is 27.7 Å². The number of rotatable bonds is 10. The van der Waals surface area contributed by atoms with Crippen molar-refractivity contribution >= 4 is 62.6 Å². The number of para-hydroxylation sites is 1. The molecule has 1 aliphatic rings. The molecule has 8 rings (SSSR count). The Hall–Kier alpha value is -5.71. The van der Waals surface area contributed by atoms with Gasteiger partial charge in [0, 0.05) is 57.1 Å². The molecule has 10 nitrogen and oxygen atoms in total. The first-order valence-electron chi connectivity index (χ1n) is 18.5. The fourth-order valence-electron chi connectivity index (χ4n) is 8.27. The maximum Gasteiger partial charge on any atom is 0.352 e. The van der Waals surface area contributed by atoms with Crippen LogP contribution in [-0.4, -0.2) is 54.2 Å². The van der Waals surface area contributed by atoms with Crippen molar-refractivity contribution in [3.63, 3.8) is 0 Å². The number of hydrogen-bond acceptors (Lipinski definition) is 6. The van der Waals surface area contributed by atoms with Crippen molar-refractivity contribution in [1.29, 1.82) is 0 Å². The highest BCUT2D eigenvalue weighted by molar-refractivity contribution is 6.35. The Labute approximate surface area is 334 Å². The maximum absolute atomic E-state index is 15.3. The molecule has 1 amide bonds. The molecule has 1 aliphatic heterocycles. The summed E-state index contributed by atoms with van der Waals surface area (Å²) >= 11 is 13.5. The summed E-state index contributed by atoms with van der Waals surface area (Å²) in [4.78, 5) is 43.3. The van der Waals surface area contributed by atoms with Crippen LogP contribution in [0.15, 0.2) is 79.3 Å². The number of hydrogen-bond donors (Lipinski definition) is 1. The van der Waals surface area contributed by atoms with Crippen LogP contribution in [0.5, 0.6) is 5.75 Å². The van der Waals surface area contributed by atoms with E-state index in [-0.39, 0.29) is 24.2 Å². The van der Waals surface area contributed by atoms with Gasteiger partial charge in [-0.2, -0.15) is 0 Å². The molecule has 12 heteroatoms. The molecule has 284 valence electrons. The van der Waals surface area contributed by atoms with Gasteiger partial charge in [0.05, 0.1) is 40.6 Å². The van der Waals surface area contributed by atoms with Gasteiger partial charge in [-0.1, -0.05) is 47.5 Å². The summed E-state index contributed by atoms with van der Waals surface area (Å²) in [5.41, 5.74) is 9.52. The van der Waals surface area contributed by atoms with Gasteiger partial charge in [-0.25, -0.2) is 14.8 Å². The highest BCUT2D eigenvalue weighted by atomic mass is 35.5. The average molecular weight is 788 g/mol. The molecule has 3 aromatic carbocycles. The van der Waals surface area contributed by atoms with Crippen molar-refractivity contribution in [2.75, 3.05) is 18.1 Å². The lowest BCUT2D eigenvalue weighted by Gasteiger charge is -2.35. The predicted octanol–water partition coefficient (Wildman–Crippen LogP) is 9.97. The molecule has 0 saturated carbocycles. The number of pyridine rings is 1. The van der Waals surface area contributed by atoms with E-state index in [9.17, 15) is 9.90 Å². The van der Waals surface area contributed by atoms with Crippen molar-refractivity contribution < 1.29 is 19.4 Å². The Balaban J connectivity index is 1.28. The first kappa shape index (κ1) is 37.2. The summed E-state index contributed by atoms with van der Waals surface area (Å²) in [5, 5.41) is 13.2. The number of ether oxygens (including phenoxy) is 1. The normalized spacial score (nSPS) is 14.2. The van der Waals surface area contributed by atoms with E-state index in [1.807, 2.05) is 88.4 Å². The smallest absolute Gasteiger partial charge is 0.352 e. The molecular formula is C44H40Cl2N6O4. The van der Waals surface area contributed by atoms with Gasteiger partial charge in [0.25, 0.3) is 5.91 Å². The molecule has 5 heterocycles. The quantitative estimate of drug-likeness (QED) is 0.137. The number of aryl methyl sites for hydroxylation is 5. The summed E-state index contributed by atoms with van der Waals surface area (Å²) in [6.07, 6.45) is 4.41. The van der Waals surface area contributed by atoms with Crippen molar-refractivity contribution in [1.82, 2.24) is 24.1 Å². The molecule has 0 unspecified atom stereocenters. The van der Waals surface area contributed by atoms with Crippen molar-refractivity contribution in [2.45, 2.75) is 60.0 Å². The minimum atomic E-state index is -1.06. The van der Waals surface area contributed by atoms with E-state index >= 15 is 4.79 Å². The summed E-state index contributed by atoms with van der Waals surface area (Å²) in [7, 11) is 0. The Morgan fingerprint density at radius 1 is 0.911 bits per heavy atom. The number of anilines is 1. The summed E-state index contributed by atoms with van der Waals surface area (Å²) in [6, 6.07) is 20.4. The van der Waals surface area contributed by atoms with Gasteiger partial charge in [-0.3, -0.25) is 9.78 Å². The zero-order chi connectivity index (χ0) is 39.4. The molecule has 1 atom stereocenters. The standard InChI is InChI=1S/C44H40Cl2N6O4/c1-24-18-31(19-25(2)39(24)46)56-17-9-12-32-33-14-15-34(45)38(37-27(4)48-23-49-28(37)5)41(33)52-26(3)21-51(43(53)42(32)52)35-13-8-10-29-20-36(44(54)55)50(40(29)35)22-30-11-6-7-16-47-30/h6-8,10-11,13-16,18-20,23,26H,9,12,17,21-22H2,1-5H3,(H,54,55)/t26-/m1/s1. The second kappa shape index (κ2) is 14.7. The molecule has 4 aromatic heterocycles. The lowest BCUT2D eigenvalue weighted by atomic mass is 9.97. The van der Waals surface area contributed by atoms with E-state index in [0.29, 0.717) is 53.6 Å². The van der Waals surface area contributed by atoms with Gasteiger partial charge in [0.1, 0.15) is 23.5 Å². The molecule has 0 spiro atoms. The van der Waals surface area contributed by atoms with E-state index in [4.69, 9.17) is 27.9 Å². The minimum absolute atomic E-state index is 0.117. The molecule has 0 fully saturated rings. The third-order valence-electron chi connectivity index (χ3n) is 10.7. The van der Waals surface area contributed by atoms with Gasteiger partial charge < -0.3 is 23.9 Å². The van der Waals surface area contributed by atoms with Crippen LogP contribution in [0.25, 0.3) is 32.9 Å². The zero-order valence-electron chi connectivity index (χ0n) is 31.7. The minimum Gasteiger partial charge on any atom is -0.494 e. The number of amides is 1. The average Bonchev–Trinajstić information content (AvgIpc) is 3.71. The predicted molar refractivity (Wildman–Crippen MR) is 221 cm³/mol. The van der Waals surface area contributed by atoms with Crippen LogP contribution >= 0.6 is 23.2 Å². The Bertz CT molecular complexity index is 2660. The number of carboxylic acids is 1. The first-order chi connectivity index (χ1) is 26.9. The van der Waals surface area contributed by atoms with Crippen LogP contribution in [0.2, 0.25) is 10.0 Å². The van der Waals surface area contributed by atoms with Gasteiger partial charge in [0.15, 0.2) is 0 Å². The third-order valence-corrected chi connectivity index (χ3v) is 11.6. The van der Waals surface area contributed by atoms with Gasteiger partial charge >= 0.3 is 5.97 Å². The molecule has 0 bridgehead atoms. The summed E-state index contributed by atoms with van der Waals surface area (Å²) < 4.78 is 10.1. The molecule has 56 heavy (non-hydrogen) atoms. The lowest BCUT2D eigenvalue weighted by molar-refractivity contribution is 0.0686. The van der Waals surface area contributed by atoms with Crippen LogP contribution < -0.4 is 9.64 Å². The number of carbonyl (C=O) groups is 2. The second-order valence-corrected chi connectivity index (χ2v) is 15.3. The van der Waals surface area contributed by atoms with E-state index in [2.05, 4.69) is 26.4 Å². The van der Waals surface area contributed by atoms with Crippen LogP contribution in [0.1, 0.15) is 74.1 Å². The monoisotopic (exact) mass is 786 g/mol. The van der Waals surface area contributed by atoms with E-state index in [0.717, 1.165) is 66.3 Å². The molecule has 0 radical (unpaired) electrons. The summed E-state index contributed by atoms with van der Waals surface area (Å²) in [5.74, 6) is -0.500. The SMILES string of the molecule is Cc1cc(OCCCc2c3n(c4c(-c5c(C)ncnc5C)c(Cl)ccc24)[C@H](C)CN(c2cccc4cc(C(=O)O)n(Cc5ccccn5)c24)C3=O)cc(C)c1Cl. The highest BCUT2D eigenvalue weighted by Gasteiger charge is 2.37. The summed E-state index contributed by atoms with van der Waals surface area (Å²) in [6.45, 7) is 10.9. The van der Waals surface area contributed by atoms with Crippen LogP contribution in [-0.2, 0) is 13.0 Å².